The van der Waals surface area contributed by atoms with Crippen molar-refractivity contribution in [2.45, 2.75) is 45.3 Å². The summed E-state index contributed by atoms with van der Waals surface area (Å²) in [6.45, 7) is 6.90. The number of nitrogens with one attached hydrogen (secondary N) is 1. The van der Waals surface area contributed by atoms with Gasteiger partial charge in [0.25, 0.3) is 0 Å². The Morgan fingerprint density at radius 1 is 1.28 bits per heavy atom. The molecule has 1 aliphatic rings. The molecule has 7 nitrogen and oxygen atoms in total. The number of piperidine rings is 1. The highest BCUT2D eigenvalue weighted by atomic mass is 35.5. The van der Waals surface area contributed by atoms with Crippen LogP contribution in [-0.4, -0.2) is 50.7 Å². The van der Waals surface area contributed by atoms with Crippen molar-refractivity contribution in [1.82, 2.24) is 19.9 Å². The van der Waals surface area contributed by atoms with Crippen LogP contribution < -0.4 is 5.32 Å². The average molecular weight is 364 g/mol. The van der Waals surface area contributed by atoms with Gasteiger partial charge in [-0.25, -0.2) is 19.7 Å². The average Bonchev–Trinajstić information content (AvgIpc) is 2.54. The highest BCUT2D eigenvalue weighted by Gasteiger charge is 2.27. The van der Waals surface area contributed by atoms with Crippen molar-refractivity contribution in [2.75, 3.05) is 18.4 Å². The molecule has 1 aliphatic heterocycles. The molecule has 0 unspecified atom stereocenters. The molecule has 3 rings (SSSR count). The third-order valence-corrected chi connectivity index (χ3v) is 4.15. The predicted octanol–water partition coefficient (Wildman–Crippen LogP) is 3.49. The first kappa shape index (κ1) is 17.7. The molecule has 3 heterocycles. The Kier molecular flexibility index (Phi) is 4.94. The third-order valence-electron chi connectivity index (χ3n) is 3.94. The summed E-state index contributed by atoms with van der Waals surface area (Å²) in [5, 5.41) is 3.82. The fraction of sp³-hybridized carbons (Fsp3) is 0.529. The minimum Gasteiger partial charge on any atom is -0.444 e. The summed E-state index contributed by atoms with van der Waals surface area (Å²) in [5.74, 6) is 0.670. The normalized spacial score (nSPS) is 16.1. The van der Waals surface area contributed by atoms with Gasteiger partial charge in [-0.3, -0.25) is 0 Å². The predicted molar refractivity (Wildman–Crippen MR) is 96.8 cm³/mol. The number of rotatable bonds is 2. The van der Waals surface area contributed by atoms with Gasteiger partial charge < -0.3 is 15.0 Å². The van der Waals surface area contributed by atoms with Crippen LogP contribution >= 0.6 is 11.6 Å². The molecule has 25 heavy (non-hydrogen) atoms. The number of amides is 1. The van der Waals surface area contributed by atoms with Gasteiger partial charge in [-0.05, 0) is 45.7 Å². The minimum absolute atomic E-state index is 0.206. The number of ether oxygens (including phenoxy) is 1. The zero-order valence-electron chi connectivity index (χ0n) is 14.6. The number of anilines is 1. The van der Waals surface area contributed by atoms with Gasteiger partial charge >= 0.3 is 6.09 Å². The number of fused-ring (bicyclic) bond motifs is 1. The lowest BCUT2D eigenvalue weighted by molar-refractivity contribution is 0.0210. The molecule has 134 valence electrons. The third kappa shape index (κ3) is 4.48. The zero-order valence-corrected chi connectivity index (χ0v) is 15.4. The second kappa shape index (κ2) is 7.00. The van der Waals surface area contributed by atoms with Crippen LogP contribution in [0, 0.1) is 0 Å². The Labute approximate surface area is 151 Å². The van der Waals surface area contributed by atoms with Gasteiger partial charge in [0.05, 0.1) is 5.52 Å². The summed E-state index contributed by atoms with van der Waals surface area (Å²) in [4.78, 5) is 26.7. The topological polar surface area (TPSA) is 80.2 Å². The lowest BCUT2D eigenvalue weighted by atomic mass is 10.1. The van der Waals surface area contributed by atoms with E-state index < -0.39 is 5.60 Å². The SMILES string of the molecule is CC(C)(C)OC(=O)N1CCC(Nc2ncnc3ccc(Cl)nc23)CC1. The smallest absolute Gasteiger partial charge is 0.410 e. The van der Waals surface area contributed by atoms with Crippen LogP contribution in [0.4, 0.5) is 10.6 Å². The molecule has 0 saturated carbocycles. The van der Waals surface area contributed by atoms with Crippen LogP contribution in [0.25, 0.3) is 11.0 Å². The van der Waals surface area contributed by atoms with E-state index in [9.17, 15) is 4.79 Å². The summed E-state index contributed by atoms with van der Waals surface area (Å²) < 4.78 is 5.42. The molecular weight excluding hydrogens is 342 g/mol. The van der Waals surface area contributed by atoms with Crippen molar-refractivity contribution >= 4 is 34.5 Å². The highest BCUT2D eigenvalue weighted by Crippen LogP contribution is 2.23. The number of pyridine rings is 1. The monoisotopic (exact) mass is 363 g/mol. The Morgan fingerprint density at radius 3 is 2.68 bits per heavy atom. The number of nitrogens with zero attached hydrogens (tertiary/aromatic N) is 4. The largest absolute Gasteiger partial charge is 0.444 e. The summed E-state index contributed by atoms with van der Waals surface area (Å²) in [5.41, 5.74) is 0.925. The van der Waals surface area contributed by atoms with Crippen LogP contribution in [0.1, 0.15) is 33.6 Å². The minimum atomic E-state index is -0.475. The van der Waals surface area contributed by atoms with E-state index in [0.717, 1.165) is 18.4 Å². The van der Waals surface area contributed by atoms with E-state index in [-0.39, 0.29) is 12.1 Å². The molecule has 1 saturated heterocycles. The Hall–Kier alpha value is -2.15. The first-order chi connectivity index (χ1) is 11.8. The number of aromatic nitrogens is 3. The molecule has 0 bridgehead atoms. The van der Waals surface area contributed by atoms with Crippen molar-refractivity contribution in [3.63, 3.8) is 0 Å². The van der Waals surface area contributed by atoms with Crippen LogP contribution in [0.2, 0.25) is 5.15 Å². The van der Waals surface area contributed by atoms with Gasteiger partial charge in [0.1, 0.15) is 22.6 Å². The molecule has 2 aromatic rings. The van der Waals surface area contributed by atoms with Crippen molar-refractivity contribution < 1.29 is 9.53 Å². The van der Waals surface area contributed by atoms with Gasteiger partial charge in [-0.2, -0.15) is 0 Å². The Morgan fingerprint density at radius 2 is 2.00 bits per heavy atom. The molecule has 0 spiro atoms. The Balaban J connectivity index is 1.63. The van der Waals surface area contributed by atoms with Crippen LogP contribution in [0.15, 0.2) is 18.5 Å². The van der Waals surface area contributed by atoms with Crippen LogP contribution in [0.5, 0.6) is 0 Å². The maximum Gasteiger partial charge on any atom is 0.410 e. The number of halogens is 1. The van der Waals surface area contributed by atoms with Gasteiger partial charge in [0, 0.05) is 19.1 Å². The zero-order chi connectivity index (χ0) is 18.0. The van der Waals surface area contributed by atoms with E-state index in [4.69, 9.17) is 16.3 Å². The molecule has 0 aromatic carbocycles. The lowest BCUT2D eigenvalue weighted by Gasteiger charge is -2.33. The number of likely N-dealkylation sites (tertiary alicyclic amines) is 1. The van der Waals surface area contributed by atoms with Gasteiger partial charge in [-0.15, -0.1) is 0 Å². The van der Waals surface area contributed by atoms with Gasteiger partial charge in [0.2, 0.25) is 0 Å². The second-order valence-corrected chi connectivity index (χ2v) is 7.50. The van der Waals surface area contributed by atoms with Crippen LogP contribution in [0.3, 0.4) is 0 Å². The quantitative estimate of drug-likeness (QED) is 0.822. The molecule has 1 fully saturated rings. The molecule has 1 N–H and O–H groups in total. The number of hydrogen-bond donors (Lipinski definition) is 1. The number of carbonyl (C=O) groups excluding carboxylic acids is 1. The van der Waals surface area contributed by atoms with Crippen molar-refractivity contribution in [1.29, 1.82) is 0 Å². The molecule has 0 aliphatic carbocycles. The Bertz CT molecular complexity index is 769. The molecule has 2 aromatic heterocycles. The van der Waals surface area contributed by atoms with Crippen molar-refractivity contribution in [3.05, 3.63) is 23.6 Å². The van der Waals surface area contributed by atoms with E-state index in [1.54, 1.807) is 11.0 Å². The molecule has 0 radical (unpaired) electrons. The second-order valence-electron chi connectivity index (χ2n) is 7.11. The van der Waals surface area contributed by atoms with Gasteiger partial charge in [0.15, 0.2) is 5.82 Å². The lowest BCUT2D eigenvalue weighted by Crippen LogP contribution is -2.44. The van der Waals surface area contributed by atoms with E-state index >= 15 is 0 Å². The maximum absolute atomic E-state index is 12.1. The number of carbonyl (C=O) groups is 1. The first-order valence-corrected chi connectivity index (χ1v) is 8.71. The van der Waals surface area contributed by atoms with E-state index in [1.165, 1.54) is 6.33 Å². The fourth-order valence-corrected chi connectivity index (χ4v) is 2.90. The van der Waals surface area contributed by atoms with Gasteiger partial charge in [-0.1, -0.05) is 11.6 Å². The molecule has 0 atom stereocenters. The summed E-state index contributed by atoms with van der Waals surface area (Å²) >= 11 is 5.99. The van der Waals surface area contributed by atoms with Crippen molar-refractivity contribution in [2.24, 2.45) is 0 Å². The maximum atomic E-state index is 12.1. The fourth-order valence-electron chi connectivity index (χ4n) is 2.75. The first-order valence-electron chi connectivity index (χ1n) is 8.33. The molecule has 1 amide bonds. The summed E-state index contributed by atoms with van der Waals surface area (Å²) in [6.07, 6.45) is 2.87. The van der Waals surface area contributed by atoms with Crippen LogP contribution in [-0.2, 0) is 4.74 Å². The van der Waals surface area contributed by atoms with E-state index in [1.807, 2.05) is 26.8 Å². The van der Waals surface area contributed by atoms with E-state index in [2.05, 4.69) is 20.3 Å². The standard InChI is InChI=1S/C17H22ClN5O2/c1-17(2,3)25-16(24)23-8-6-11(7-9-23)21-15-14-12(19-10-20-15)4-5-13(18)22-14/h4-5,10-11H,6-9H2,1-3H3,(H,19,20,21). The summed E-state index contributed by atoms with van der Waals surface area (Å²) in [7, 11) is 0. The highest BCUT2D eigenvalue weighted by molar-refractivity contribution is 6.29. The molecule has 8 heteroatoms. The van der Waals surface area contributed by atoms with Crippen molar-refractivity contribution in [3.8, 4) is 0 Å². The van der Waals surface area contributed by atoms with E-state index in [0.29, 0.717) is 29.6 Å². The summed E-state index contributed by atoms with van der Waals surface area (Å²) in [6, 6.07) is 3.74. The number of hydrogen-bond acceptors (Lipinski definition) is 6. The molecular formula is C17H22ClN5O2.